The summed E-state index contributed by atoms with van der Waals surface area (Å²) in [5.41, 5.74) is 3.59. The third-order valence-corrected chi connectivity index (χ3v) is 7.41. The number of aryl methyl sites for hydroxylation is 2. The smallest absolute Gasteiger partial charge is 0.330 e. The molecule has 1 unspecified atom stereocenters. The molecule has 3 aliphatic rings. The second-order valence-electron chi connectivity index (χ2n) is 9.11. The van der Waals surface area contributed by atoms with E-state index in [0.717, 1.165) is 62.3 Å². The lowest BCUT2D eigenvalue weighted by Gasteiger charge is -2.43. The number of allylic oxidation sites excluding steroid dienone is 1. The normalized spacial score (nSPS) is 34.1. The zero-order valence-electron chi connectivity index (χ0n) is 18.5. The molecule has 7 nitrogen and oxygen atoms in total. The first-order chi connectivity index (χ1) is 15.4. The van der Waals surface area contributed by atoms with Crippen LogP contribution in [0.1, 0.15) is 63.0 Å². The van der Waals surface area contributed by atoms with Crippen LogP contribution in [-0.4, -0.2) is 51.1 Å². The maximum Gasteiger partial charge on any atom is 0.330 e. The minimum atomic E-state index is -1.54. The summed E-state index contributed by atoms with van der Waals surface area (Å²) in [5.74, 6) is -1.48. The third kappa shape index (κ3) is 5.91. The van der Waals surface area contributed by atoms with E-state index in [1.165, 1.54) is 11.1 Å². The molecule has 4 rings (SSSR count). The fourth-order valence-corrected chi connectivity index (χ4v) is 5.73. The van der Waals surface area contributed by atoms with E-state index < -0.39 is 17.9 Å². The van der Waals surface area contributed by atoms with Gasteiger partial charge in [0.1, 0.15) is 6.10 Å². The van der Waals surface area contributed by atoms with Crippen molar-refractivity contribution in [3.8, 4) is 0 Å². The second kappa shape index (κ2) is 10.4. The molecule has 32 heavy (non-hydrogen) atoms. The van der Waals surface area contributed by atoms with Crippen LogP contribution in [-0.2, 0) is 27.1 Å². The van der Waals surface area contributed by atoms with Gasteiger partial charge in [0.25, 0.3) is 5.24 Å². The second-order valence-corrected chi connectivity index (χ2v) is 10.1. The van der Waals surface area contributed by atoms with Gasteiger partial charge < -0.3 is 19.9 Å². The van der Waals surface area contributed by atoms with Crippen molar-refractivity contribution in [3.63, 3.8) is 0 Å². The highest BCUT2D eigenvalue weighted by atomic mass is 32.2. The number of rotatable bonds is 1. The summed E-state index contributed by atoms with van der Waals surface area (Å²) in [6.45, 7) is 1.95. The molecule has 2 fully saturated rings. The fourth-order valence-electron chi connectivity index (χ4n) is 4.84. The van der Waals surface area contributed by atoms with Crippen LogP contribution in [0.25, 0.3) is 0 Å². The molecule has 0 radical (unpaired) electrons. The standard InChI is InChI=1S/C24H32N2O5S/c1-16-5-2-3-6-18-14-25-10-9-17(18)7-4-8-19-12-20(30-22(27)11-16)13-24(29,31-19)21-15-32-23(28)26-21/h9-11,14,19-21,29H,2-8,12-13,15H2,1H3,(H,26,28)/b16-11-/t19?,20-,21+,24-/m1/s1. The summed E-state index contributed by atoms with van der Waals surface area (Å²) in [7, 11) is 0. The lowest BCUT2D eigenvalue weighted by atomic mass is 9.90. The van der Waals surface area contributed by atoms with Crippen molar-refractivity contribution >= 4 is 23.0 Å². The Kier molecular flexibility index (Phi) is 7.53. The van der Waals surface area contributed by atoms with Crippen LogP contribution >= 0.6 is 11.8 Å². The highest BCUT2D eigenvalue weighted by molar-refractivity contribution is 8.14. The molecule has 0 spiro atoms. The van der Waals surface area contributed by atoms with Crippen LogP contribution in [0.5, 0.6) is 0 Å². The van der Waals surface area contributed by atoms with Crippen molar-refractivity contribution in [2.24, 2.45) is 0 Å². The Labute approximate surface area is 193 Å². The van der Waals surface area contributed by atoms with Crippen molar-refractivity contribution in [1.29, 1.82) is 0 Å². The summed E-state index contributed by atoms with van der Waals surface area (Å²) in [4.78, 5) is 28.6. The zero-order chi connectivity index (χ0) is 22.6. The molecule has 1 aromatic heterocycles. The average Bonchev–Trinajstić information content (AvgIpc) is 3.18. The molecule has 8 heteroatoms. The monoisotopic (exact) mass is 460 g/mol. The Morgan fingerprint density at radius 3 is 2.78 bits per heavy atom. The van der Waals surface area contributed by atoms with Gasteiger partial charge in [-0.1, -0.05) is 17.3 Å². The van der Waals surface area contributed by atoms with Gasteiger partial charge >= 0.3 is 5.97 Å². The van der Waals surface area contributed by atoms with Crippen LogP contribution in [0.3, 0.4) is 0 Å². The highest BCUT2D eigenvalue weighted by Crippen LogP contribution is 2.36. The molecule has 2 saturated heterocycles. The molecule has 0 aromatic carbocycles. The Bertz CT molecular complexity index is 876. The van der Waals surface area contributed by atoms with E-state index in [9.17, 15) is 14.7 Å². The molecule has 174 valence electrons. The van der Waals surface area contributed by atoms with E-state index in [-0.39, 0.29) is 23.7 Å². The van der Waals surface area contributed by atoms with E-state index in [1.807, 2.05) is 19.3 Å². The van der Waals surface area contributed by atoms with Gasteiger partial charge in [-0.15, -0.1) is 0 Å². The first-order valence-corrected chi connectivity index (χ1v) is 12.5. The largest absolute Gasteiger partial charge is 0.459 e. The number of fused-ring (bicyclic) bond motifs is 3. The van der Waals surface area contributed by atoms with Gasteiger partial charge in [0.05, 0.1) is 12.1 Å². The number of nitrogens with zero attached hydrogens (tertiary/aromatic N) is 1. The number of carbonyl (C=O) groups is 2. The number of aliphatic hydroxyl groups is 1. The molecule has 2 bridgehead atoms. The van der Waals surface area contributed by atoms with Gasteiger partial charge in [-0.05, 0) is 69.1 Å². The Morgan fingerprint density at radius 2 is 1.97 bits per heavy atom. The summed E-state index contributed by atoms with van der Waals surface area (Å²) < 4.78 is 11.9. The van der Waals surface area contributed by atoms with Crippen LogP contribution in [0.15, 0.2) is 30.1 Å². The number of amides is 1. The third-order valence-electron chi connectivity index (χ3n) is 6.53. The van der Waals surface area contributed by atoms with E-state index in [4.69, 9.17) is 9.47 Å². The number of hydrogen-bond acceptors (Lipinski definition) is 7. The van der Waals surface area contributed by atoms with Crippen LogP contribution < -0.4 is 5.32 Å². The number of nitrogens with one attached hydrogen (secondary N) is 1. The van der Waals surface area contributed by atoms with E-state index in [0.29, 0.717) is 12.2 Å². The van der Waals surface area contributed by atoms with Crippen molar-refractivity contribution in [2.75, 3.05) is 5.75 Å². The van der Waals surface area contributed by atoms with E-state index in [1.54, 1.807) is 6.08 Å². The first-order valence-electron chi connectivity index (χ1n) is 11.5. The average molecular weight is 461 g/mol. The lowest BCUT2D eigenvalue weighted by molar-refractivity contribution is -0.283. The number of carbonyl (C=O) groups excluding carboxylic acids is 2. The van der Waals surface area contributed by atoms with Crippen LogP contribution in [0, 0.1) is 0 Å². The quantitative estimate of drug-likeness (QED) is 0.617. The van der Waals surface area contributed by atoms with Gasteiger partial charge in [-0.25, -0.2) is 4.79 Å². The summed E-state index contributed by atoms with van der Waals surface area (Å²) in [5, 5.41) is 13.9. The fraction of sp³-hybridized carbons (Fsp3) is 0.625. The zero-order valence-corrected chi connectivity index (χ0v) is 19.4. The van der Waals surface area contributed by atoms with Gasteiger partial charge in [-0.3, -0.25) is 9.78 Å². The van der Waals surface area contributed by atoms with Gasteiger partial charge in [0, 0.05) is 37.1 Å². The number of hydrogen-bond donors (Lipinski definition) is 2. The Balaban J connectivity index is 1.54. The molecular weight excluding hydrogens is 428 g/mol. The molecule has 0 saturated carbocycles. The minimum absolute atomic E-state index is 0.155. The SMILES string of the molecule is C/C1=C/C(=O)O[C@@H]2CC(CCCc3ccncc3CCCC1)O[C@@](O)([C@@H]1CSC(=O)N1)C2. The van der Waals surface area contributed by atoms with Crippen molar-refractivity contribution in [2.45, 2.75) is 88.7 Å². The van der Waals surface area contributed by atoms with Crippen molar-refractivity contribution in [1.82, 2.24) is 10.3 Å². The molecule has 0 aliphatic carbocycles. The molecule has 3 aliphatic heterocycles. The van der Waals surface area contributed by atoms with Crippen molar-refractivity contribution < 1.29 is 24.2 Å². The number of thioether (sulfide) groups is 1. The summed E-state index contributed by atoms with van der Waals surface area (Å²) >= 11 is 1.14. The van der Waals surface area contributed by atoms with Crippen LogP contribution in [0.2, 0.25) is 0 Å². The Morgan fingerprint density at radius 1 is 1.16 bits per heavy atom. The predicted octanol–water partition coefficient (Wildman–Crippen LogP) is 3.68. The molecule has 4 heterocycles. The van der Waals surface area contributed by atoms with Gasteiger partial charge in [0.15, 0.2) is 5.79 Å². The number of pyridine rings is 1. The minimum Gasteiger partial charge on any atom is -0.459 e. The Hall–Kier alpha value is -1.90. The molecular formula is C24H32N2O5S. The van der Waals surface area contributed by atoms with E-state index in [2.05, 4.69) is 16.4 Å². The molecule has 1 amide bonds. The van der Waals surface area contributed by atoms with Crippen LogP contribution in [0.4, 0.5) is 4.79 Å². The molecule has 1 aromatic rings. The lowest BCUT2D eigenvalue weighted by Crippen LogP contribution is -2.58. The number of aromatic nitrogens is 1. The predicted molar refractivity (Wildman–Crippen MR) is 122 cm³/mol. The maximum absolute atomic E-state index is 12.5. The van der Waals surface area contributed by atoms with Gasteiger partial charge in [-0.2, -0.15) is 0 Å². The molecule has 4 atom stereocenters. The van der Waals surface area contributed by atoms with Gasteiger partial charge in [0.2, 0.25) is 0 Å². The van der Waals surface area contributed by atoms with Crippen molar-refractivity contribution in [3.05, 3.63) is 41.2 Å². The molecule has 2 N–H and O–H groups in total. The number of esters is 1. The number of ether oxygens (including phenoxy) is 2. The topological polar surface area (TPSA) is 97.8 Å². The first kappa shape index (κ1) is 23.3. The highest BCUT2D eigenvalue weighted by Gasteiger charge is 2.49. The summed E-state index contributed by atoms with van der Waals surface area (Å²) in [6.07, 6.45) is 11.8. The van der Waals surface area contributed by atoms with E-state index >= 15 is 0 Å². The maximum atomic E-state index is 12.5. The summed E-state index contributed by atoms with van der Waals surface area (Å²) in [6, 6.07) is 1.58.